The number of aromatic nitrogens is 2. The average Bonchev–Trinajstić information content (AvgIpc) is 2.93. The van der Waals surface area contributed by atoms with E-state index in [-0.39, 0.29) is 18.4 Å². The number of aryl methyl sites for hydroxylation is 1. The first kappa shape index (κ1) is 16.0. The van der Waals surface area contributed by atoms with Gasteiger partial charge in [-0.3, -0.25) is 5.10 Å². The number of hydrogen-bond acceptors (Lipinski definition) is 5. The molecule has 0 saturated heterocycles. The number of fused-ring (bicyclic) bond motifs is 1. The Morgan fingerprint density at radius 2 is 2.33 bits per heavy atom. The van der Waals surface area contributed by atoms with Crippen molar-refractivity contribution in [2.45, 2.75) is 12.8 Å². The molecule has 3 N–H and O–H groups in total. The zero-order valence-electron chi connectivity index (χ0n) is 12.8. The van der Waals surface area contributed by atoms with Crippen LogP contribution in [0.15, 0.2) is 34.1 Å². The van der Waals surface area contributed by atoms with Crippen LogP contribution in [0, 0.1) is 30.6 Å². The number of hydrogen-bond donors (Lipinski definition) is 2. The second kappa shape index (κ2) is 6.31. The number of aromatic amines is 1. The predicted molar refractivity (Wildman–Crippen MR) is 91.1 cm³/mol. The van der Waals surface area contributed by atoms with Gasteiger partial charge in [0.25, 0.3) is 0 Å². The highest BCUT2D eigenvalue weighted by Gasteiger charge is 2.34. The van der Waals surface area contributed by atoms with Gasteiger partial charge in [0.1, 0.15) is 24.0 Å². The first-order chi connectivity index (χ1) is 11.6. The molecule has 2 aromatic rings. The molecule has 0 spiro atoms. The molecule has 1 aromatic heterocycles. The first-order valence-corrected chi connectivity index (χ1v) is 7.84. The maximum atomic E-state index is 9.53. The van der Waals surface area contributed by atoms with Gasteiger partial charge in [0.2, 0.25) is 11.8 Å². The maximum Gasteiger partial charge on any atom is 0.244 e. The van der Waals surface area contributed by atoms with Crippen molar-refractivity contribution in [1.82, 2.24) is 10.2 Å². The first-order valence-electron chi connectivity index (χ1n) is 7.05. The molecule has 2 heterocycles. The number of nitrogens with two attached hydrogens (primary N) is 1. The van der Waals surface area contributed by atoms with Crippen LogP contribution in [0.1, 0.15) is 22.7 Å². The van der Waals surface area contributed by atoms with E-state index < -0.39 is 0 Å². The fraction of sp³-hybridized carbons (Fsp3) is 0.176. The van der Waals surface area contributed by atoms with E-state index in [2.05, 4.69) is 38.1 Å². The second-order valence-electron chi connectivity index (χ2n) is 5.17. The van der Waals surface area contributed by atoms with E-state index in [9.17, 15) is 5.26 Å². The molecule has 0 aliphatic carbocycles. The van der Waals surface area contributed by atoms with E-state index >= 15 is 0 Å². The molecule has 0 fully saturated rings. The SMILES string of the molecule is C#CCOc1ccc([C@H]2C(C#N)=C(N)Oc3n[nH]c(C)c32)cc1Br. The third-order valence-corrected chi connectivity index (χ3v) is 4.35. The minimum Gasteiger partial charge on any atom is -0.480 e. The lowest BCUT2D eigenvalue weighted by atomic mass is 9.84. The average molecular weight is 385 g/mol. The van der Waals surface area contributed by atoms with Crippen molar-refractivity contribution in [2.75, 3.05) is 6.61 Å². The Balaban J connectivity index is 2.10. The van der Waals surface area contributed by atoms with Crippen LogP contribution in [0.4, 0.5) is 0 Å². The third-order valence-electron chi connectivity index (χ3n) is 3.73. The van der Waals surface area contributed by atoms with E-state index in [1.54, 1.807) is 6.07 Å². The van der Waals surface area contributed by atoms with Gasteiger partial charge in [-0.05, 0) is 40.5 Å². The fourth-order valence-electron chi connectivity index (χ4n) is 2.67. The molecular formula is C17H13BrN4O2. The van der Waals surface area contributed by atoms with Crippen LogP contribution >= 0.6 is 15.9 Å². The van der Waals surface area contributed by atoms with Crippen LogP contribution < -0.4 is 15.2 Å². The van der Waals surface area contributed by atoms with E-state index in [0.717, 1.165) is 21.3 Å². The zero-order chi connectivity index (χ0) is 17.3. The Kier molecular flexibility index (Phi) is 4.20. The summed E-state index contributed by atoms with van der Waals surface area (Å²) < 4.78 is 11.6. The van der Waals surface area contributed by atoms with Crippen LogP contribution in [0.5, 0.6) is 11.6 Å². The second-order valence-corrected chi connectivity index (χ2v) is 6.03. The summed E-state index contributed by atoms with van der Waals surface area (Å²) >= 11 is 3.47. The van der Waals surface area contributed by atoms with Gasteiger partial charge in [0.05, 0.1) is 10.4 Å². The van der Waals surface area contributed by atoms with Crippen molar-refractivity contribution >= 4 is 15.9 Å². The number of nitriles is 1. The lowest BCUT2D eigenvalue weighted by Gasteiger charge is -2.24. The number of halogens is 1. The molecule has 1 aliphatic rings. The summed E-state index contributed by atoms with van der Waals surface area (Å²) in [5.41, 5.74) is 8.72. The molecule has 0 radical (unpaired) electrons. The van der Waals surface area contributed by atoms with E-state index in [0.29, 0.717) is 17.2 Å². The number of terminal acetylenes is 1. The number of benzene rings is 1. The van der Waals surface area contributed by atoms with E-state index in [1.807, 2.05) is 19.1 Å². The van der Waals surface area contributed by atoms with E-state index in [4.69, 9.17) is 21.6 Å². The molecule has 3 rings (SSSR count). The highest BCUT2D eigenvalue weighted by atomic mass is 79.9. The lowest BCUT2D eigenvalue weighted by Crippen LogP contribution is -2.21. The number of allylic oxidation sites excluding steroid dienone is 1. The van der Waals surface area contributed by atoms with Gasteiger partial charge >= 0.3 is 0 Å². The summed E-state index contributed by atoms with van der Waals surface area (Å²) in [4.78, 5) is 0. The Hall–Kier alpha value is -2.90. The van der Waals surface area contributed by atoms with Gasteiger partial charge in [0.15, 0.2) is 0 Å². The van der Waals surface area contributed by atoms with Crippen LogP contribution in [0.25, 0.3) is 0 Å². The van der Waals surface area contributed by atoms with Crippen LogP contribution in [-0.2, 0) is 0 Å². The molecular weight excluding hydrogens is 372 g/mol. The number of H-pyrrole nitrogens is 1. The van der Waals surface area contributed by atoms with Gasteiger partial charge in [0, 0.05) is 11.3 Å². The summed E-state index contributed by atoms with van der Waals surface area (Å²) in [6.45, 7) is 2.05. The van der Waals surface area contributed by atoms with Gasteiger partial charge in [-0.2, -0.15) is 5.26 Å². The van der Waals surface area contributed by atoms with Crippen LogP contribution in [-0.4, -0.2) is 16.8 Å². The molecule has 120 valence electrons. The summed E-state index contributed by atoms with van der Waals surface area (Å²) in [6.07, 6.45) is 5.21. The van der Waals surface area contributed by atoms with E-state index in [1.165, 1.54) is 0 Å². The summed E-state index contributed by atoms with van der Waals surface area (Å²) in [5.74, 6) is 3.13. The van der Waals surface area contributed by atoms with Crippen molar-refractivity contribution in [1.29, 1.82) is 5.26 Å². The summed E-state index contributed by atoms with van der Waals surface area (Å²) in [7, 11) is 0. The molecule has 0 bridgehead atoms. The van der Waals surface area contributed by atoms with Crippen molar-refractivity contribution < 1.29 is 9.47 Å². The minimum atomic E-state index is -0.365. The Bertz CT molecular complexity index is 918. The molecule has 24 heavy (non-hydrogen) atoms. The fourth-order valence-corrected chi connectivity index (χ4v) is 3.18. The molecule has 0 unspecified atom stereocenters. The normalized spacial score (nSPS) is 15.9. The van der Waals surface area contributed by atoms with Crippen molar-refractivity contribution in [2.24, 2.45) is 5.73 Å². The minimum absolute atomic E-state index is 0.0604. The van der Waals surface area contributed by atoms with Crippen molar-refractivity contribution in [3.63, 3.8) is 0 Å². The van der Waals surface area contributed by atoms with Crippen molar-refractivity contribution in [3.05, 3.63) is 50.9 Å². The third kappa shape index (κ3) is 2.60. The maximum absolute atomic E-state index is 9.53. The molecule has 7 heteroatoms. The molecule has 1 aromatic carbocycles. The Morgan fingerprint density at radius 3 is 3.00 bits per heavy atom. The number of nitrogens with zero attached hydrogens (tertiary/aromatic N) is 2. The van der Waals surface area contributed by atoms with Gasteiger partial charge in [-0.25, -0.2) is 0 Å². The monoisotopic (exact) mass is 384 g/mol. The lowest BCUT2D eigenvalue weighted by molar-refractivity contribution is 0.367. The van der Waals surface area contributed by atoms with Crippen LogP contribution in [0.3, 0.4) is 0 Å². The topological polar surface area (TPSA) is 96.9 Å². The zero-order valence-corrected chi connectivity index (χ0v) is 14.3. The standard InChI is InChI=1S/C17H13BrN4O2/c1-3-6-23-13-5-4-10(7-12(13)18)15-11(8-19)16(20)24-17-14(15)9(2)21-22-17/h1,4-5,7,15H,6,20H2,2H3,(H,21,22)/t15-/m0/s1. The summed E-state index contributed by atoms with van der Waals surface area (Å²) in [5, 5.41) is 16.5. The van der Waals surface area contributed by atoms with Crippen LogP contribution in [0.2, 0.25) is 0 Å². The molecule has 0 saturated carbocycles. The quantitative estimate of drug-likeness (QED) is 0.792. The Labute approximate surface area is 147 Å². The Morgan fingerprint density at radius 1 is 1.54 bits per heavy atom. The number of ether oxygens (including phenoxy) is 2. The predicted octanol–water partition coefficient (Wildman–Crippen LogP) is 2.71. The largest absolute Gasteiger partial charge is 0.480 e. The number of nitrogens with one attached hydrogen (secondary N) is 1. The molecule has 6 nitrogen and oxygen atoms in total. The highest BCUT2D eigenvalue weighted by molar-refractivity contribution is 9.10. The number of rotatable bonds is 3. The van der Waals surface area contributed by atoms with Gasteiger partial charge in [-0.1, -0.05) is 12.0 Å². The molecule has 1 atom stereocenters. The summed E-state index contributed by atoms with van der Waals surface area (Å²) in [6, 6.07) is 7.69. The smallest absolute Gasteiger partial charge is 0.244 e. The molecule has 1 aliphatic heterocycles. The van der Waals surface area contributed by atoms with Gasteiger partial charge < -0.3 is 15.2 Å². The van der Waals surface area contributed by atoms with Gasteiger partial charge in [-0.15, -0.1) is 11.5 Å². The molecule has 0 amide bonds. The highest BCUT2D eigenvalue weighted by Crippen LogP contribution is 2.43. The van der Waals surface area contributed by atoms with Crippen molar-refractivity contribution in [3.8, 4) is 30.0 Å².